The van der Waals surface area contributed by atoms with Crippen LogP contribution in [0.15, 0.2) is 41.2 Å². The first-order valence-corrected chi connectivity index (χ1v) is 10.8. The van der Waals surface area contributed by atoms with Crippen molar-refractivity contribution < 1.29 is 14.4 Å². The van der Waals surface area contributed by atoms with Crippen LogP contribution in [-0.4, -0.2) is 38.4 Å². The van der Waals surface area contributed by atoms with Crippen molar-refractivity contribution in [3.8, 4) is 39.2 Å². The minimum atomic E-state index is -0.509. The lowest BCUT2D eigenvalue weighted by molar-refractivity contribution is 0.267. The van der Waals surface area contributed by atoms with Gasteiger partial charge in [0.05, 0.1) is 28.8 Å². The molecule has 11 heteroatoms. The molecule has 0 unspecified atom stereocenters. The minimum Gasteiger partial charge on any atom is -0.492 e. The number of benzene rings is 1. The van der Waals surface area contributed by atoms with E-state index in [0.29, 0.717) is 52.3 Å². The molecule has 162 valence electrons. The Morgan fingerprint density at radius 1 is 1.28 bits per heavy atom. The molecule has 0 spiro atoms. The Bertz CT molecular complexity index is 1280. The number of ether oxygens (including phenoxy) is 1. The number of anilines is 1. The Morgan fingerprint density at radius 2 is 2.16 bits per heavy atom. The van der Waals surface area contributed by atoms with Crippen LogP contribution in [0.5, 0.6) is 11.8 Å². The van der Waals surface area contributed by atoms with Gasteiger partial charge in [0, 0.05) is 23.7 Å². The summed E-state index contributed by atoms with van der Waals surface area (Å²) in [5.74, 6) is 1.46. The summed E-state index contributed by atoms with van der Waals surface area (Å²) in [6.07, 6.45) is 1.57. The first-order valence-electron chi connectivity index (χ1n) is 9.62. The highest BCUT2D eigenvalue weighted by atomic mass is 35.5. The third kappa shape index (κ3) is 4.80. The lowest BCUT2D eigenvalue weighted by Crippen LogP contribution is -2.07. The van der Waals surface area contributed by atoms with Crippen molar-refractivity contribution in [3.05, 3.63) is 52.8 Å². The molecule has 3 aromatic heterocycles. The molecule has 0 bridgehead atoms. The van der Waals surface area contributed by atoms with E-state index in [2.05, 4.69) is 36.0 Å². The maximum absolute atomic E-state index is 9.38. The average Bonchev–Trinajstić information content (AvgIpc) is 3.41. The molecule has 3 heterocycles. The molecule has 9 nitrogen and oxygen atoms in total. The number of rotatable bonds is 8. The van der Waals surface area contributed by atoms with Crippen molar-refractivity contribution in [2.75, 3.05) is 18.5 Å². The molecule has 0 aliphatic heterocycles. The molecule has 0 saturated heterocycles. The Morgan fingerprint density at radius 3 is 2.91 bits per heavy atom. The minimum absolute atomic E-state index is 0.240. The second-order valence-electron chi connectivity index (χ2n) is 6.52. The molecule has 0 radical (unpaired) electrons. The molecule has 0 aliphatic carbocycles. The molecule has 2 N–H and O–H groups in total. The van der Waals surface area contributed by atoms with E-state index in [1.54, 1.807) is 18.2 Å². The van der Waals surface area contributed by atoms with Crippen molar-refractivity contribution >= 4 is 28.8 Å². The van der Waals surface area contributed by atoms with E-state index in [4.69, 9.17) is 16.3 Å². The van der Waals surface area contributed by atoms with Gasteiger partial charge in [-0.3, -0.25) is 4.52 Å². The summed E-state index contributed by atoms with van der Waals surface area (Å²) >= 11 is 7.42. The van der Waals surface area contributed by atoms with Gasteiger partial charge in [0.15, 0.2) is 0 Å². The average molecular weight is 469 g/mol. The number of halogens is 1. The van der Waals surface area contributed by atoms with Crippen LogP contribution in [0.25, 0.3) is 21.3 Å². The number of aromatic nitrogens is 4. The predicted molar refractivity (Wildman–Crippen MR) is 120 cm³/mol. The summed E-state index contributed by atoms with van der Waals surface area (Å²) in [7, 11) is 0. The van der Waals surface area contributed by atoms with Crippen molar-refractivity contribution in [1.29, 1.82) is 5.26 Å². The first-order chi connectivity index (χ1) is 15.6. The number of thiophene rings is 1. The Hall–Kier alpha value is -3.68. The van der Waals surface area contributed by atoms with Gasteiger partial charge in [0.1, 0.15) is 22.8 Å². The number of hydrogen-bond donors (Lipinski definition) is 2. The smallest absolute Gasteiger partial charge is 0.415 e. The summed E-state index contributed by atoms with van der Waals surface area (Å²) in [4.78, 5) is 13.9. The second kappa shape index (κ2) is 9.64. The van der Waals surface area contributed by atoms with Gasteiger partial charge in [0.2, 0.25) is 5.82 Å². The van der Waals surface area contributed by atoms with Crippen LogP contribution < -0.4 is 10.1 Å². The van der Waals surface area contributed by atoms with Crippen LogP contribution in [-0.2, 0) is 6.42 Å². The fourth-order valence-corrected chi connectivity index (χ4v) is 4.21. The van der Waals surface area contributed by atoms with E-state index < -0.39 is 6.08 Å². The van der Waals surface area contributed by atoms with Gasteiger partial charge >= 0.3 is 6.08 Å². The van der Waals surface area contributed by atoms with Crippen LogP contribution in [0, 0.1) is 11.3 Å². The maximum atomic E-state index is 9.38. The van der Waals surface area contributed by atoms with E-state index in [9.17, 15) is 10.4 Å². The van der Waals surface area contributed by atoms with Crippen LogP contribution in [0.3, 0.4) is 0 Å². The van der Waals surface area contributed by atoms with Crippen molar-refractivity contribution in [2.24, 2.45) is 0 Å². The van der Waals surface area contributed by atoms with Gasteiger partial charge in [-0.25, -0.2) is 9.97 Å². The van der Waals surface area contributed by atoms with Gasteiger partial charge in [-0.05, 0) is 37.1 Å². The number of nitrogens with one attached hydrogen (secondary N) is 1. The number of hydrogen-bond acceptors (Lipinski definition) is 10. The zero-order valence-electron chi connectivity index (χ0n) is 16.9. The molecular weight excluding hydrogens is 452 g/mol. The second-order valence-corrected chi connectivity index (χ2v) is 8.00. The van der Waals surface area contributed by atoms with Crippen molar-refractivity contribution in [3.63, 3.8) is 0 Å². The highest BCUT2D eigenvalue weighted by Gasteiger charge is 2.19. The molecule has 0 atom stereocenters. The molecule has 1 aromatic carbocycles. The Labute approximate surface area is 192 Å². The SMILES string of the molecule is CCOc1cc(-c2cc(NCCc3cc(Cl)ccc3C#N)ncn2)sc1-c1noc(O)n1. The Balaban J connectivity index is 1.52. The third-order valence-corrected chi connectivity index (χ3v) is 5.79. The summed E-state index contributed by atoms with van der Waals surface area (Å²) < 4.78 is 10.4. The molecular formula is C21H17ClN6O3S. The fourth-order valence-electron chi connectivity index (χ4n) is 3.02. The highest BCUT2D eigenvalue weighted by Crippen LogP contribution is 2.41. The highest BCUT2D eigenvalue weighted by molar-refractivity contribution is 7.19. The van der Waals surface area contributed by atoms with E-state index in [-0.39, 0.29) is 5.82 Å². The standard InChI is InChI=1S/C21H17ClN6O3S/c1-2-30-16-9-17(32-19(16)20-27-21(29)31-28-20)15-8-18(26-11-25-15)24-6-5-12-7-14(22)4-3-13(12)10-23/h3-4,7-9,11H,2,5-6H2,1H3,(H,24,25,26)(H,27,28,29). The number of nitrogens with zero attached hydrogens (tertiary/aromatic N) is 5. The van der Waals surface area contributed by atoms with E-state index in [1.165, 1.54) is 17.7 Å². The Kier molecular flexibility index (Phi) is 6.49. The number of aromatic hydroxyl groups is 1. The lowest BCUT2D eigenvalue weighted by Gasteiger charge is -2.08. The van der Waals surface area contributed by atoms with Gasteiger partial charge < -0.3 is 15.2 Å². The monoisotopic (exact) mass is 468 g/mol. The molecule has 32 heavy (non-hydrogen) atoms. The quantitative estimate of drug-likeness (QED) is 0.382. The fraction of sp³-hybridized carbons (Fsp3) is 0.190. The van der Waals surface area contributed by atoms with Gasteiger partial charge in [0.25, 0.3) is 0 Å². The summed E-state index contributed by atoms with van der Waals surface area (Å²) in [5, 5.41) is 26.2. The number of nitriles is 1. The molecule has 0 fully saturated rings. The lowest BCUT2D eigenvalue weighted by atomic mass is 10.1. The molecule has 0 saturated carbocycles. The van der Waals surface area contributed by atoms with E-state index >= 15 is 0 Å². The first kappa shape index (κ1) is 21.5. The largest absolute Gasteiger partial charge is 0.492 e. The molecule has 4 rings (SSSR count). The van der Waals surface area contributed by atoms with Gasteiger partial charge in [-0.1, -0.05) is 16.8 Å². The van der Waals surface area contributed by atoms with Crippen LogP contribution in [0.1, 0.15) is 18.1 Å². The predicted octanol–water partition coefficient (Wildman–Crippen LogP) is 4.54. The maximum Gasteiger partial charge on any atom is 0.415 e. The molecule has 0 aliphatic rings. The zero-order valence-corrected chi connectivity index (χ0v) is 18.4. The molecule has 4 aromatic rings. The van der Waals surface area contributed by atoms with Crippen molar-refractivity contribution in [2.45, 2.75) is 13.3 Å². The van der Waals surface area contributed by atoms with Crippen LogP contribution in [0.2, 0.25) is 5.02 Å². The van der Waals surface area contributed by atoms with Crippen LogP contribution >= 0.6 is 22.9 Å². The zero-order chi connectivity index (χ0) is 22.5. The normalized spacial score (nSPS) is 10.7. The van der Waals surface area contributed by atoms with Gasteiger partial charge in [-0.2, -0.15) is 10.2 Å². The topological polar surface area (TPSA) is 130 Å². The summed E-state index contributed by atoms with van der Waals surface area (Å²) in [6, 6.07) is 11.1. The van der Waals surface area contributed by atoms with Crippen molar-refractivity contribution in [1.82, 2.24) is 20.1 Å². The molecule has 0 amide bonds. The summed E-state index contributed by atoms with van der Waals surface area (Å²) in [5.41, 5.74) is 2.16. The van der Waals surface area contributed by atoms with E-state index in [0.717, 1.165) is 10.4 Å². The third-order valence-electron chi connectivity index (χ3n) is 4.42. The van der Waals surface area contributed by atoms with Crippen LogP contribution in [0.4, 0.5) is 5.82 Å². The van der Waals surface area contributed by atoms with Gasteiger partial charge in [-0.15, -0.1) is 11.3 Å². The summed E-state index contributed by atoms with van der Waals surface area (Å²) in [6.45, 7) is 2.89. The van der Waals surface area contributed by atoms with E-state index in [1.807, 2.05) is 19.1 Å².